The Morgan fingerprint density at radius 2 is 1.71 bits per heavy atom. The van der Waals surface area contributed by atoms with Crippen LogP contribution in [0.15, 0.2) is 59.1 Å². The van der Waals surface area contributed by atoms with Gasteiger partial charge in [0, 0.05) is 17.1 Å². The molecule has 3 nitrogen and oxygen atoms in total. The second-order valence-electron chi connectivity index (χ2n) is 7.16. The highest BCUT2D eigenvalue weighted by atomic mass is 19.1. The molecule has 0 saturated carbocycles. The molecular weight excluding hydrogens is 358 g/mol. The van der Waals surface area contributed by atoms with Crippen LogP contribution in [0.25, 0.3) is 44.1 Å². The number of pyridine rings is 2. The molecular formula is C23H16F2N2O. The van der Waals surface area contributed by atoms with Gasteiger partial charge in [-0.3, -0.25) is 4.98 Å². The van der Waals surface area contributed by atoms with E-state index >= 15 is 0 Å². The SMILES string of the molecule is CC(C)c1ccnc(-c2ccc(F)c3c2oc2nc(F)c4ccccc4c23)c1. The summed E-state index contributed by atoms with van der Waals surface area (Å²) >= 11 is 0. The lowest BCUT2D eigenvalue weighted by Crippen LogP contribution is -1.91. The molecule has 28 heavy (non-hydrogen) atoms. The van der Waals surface area contributed by atoms with Crippen LogP contribution in [0.2, 0.25) is 0 Å². The number of rotatable bonds is 2. The largest absolute Gasteiger partial charge is 0.437 e. The molecule has 2 aromatic carbocycles. The van der Waals surface area contributed by atoms with Crippen LogP contribution in [0.1, 0.15) is 25.3 Å². The van der Waals surface area contributed by atoms with E-state index in [2.05, 4.69) is 23.8 Å². The van der Waals surface area contributed by atoms with E-state index in [1.807, 2.05) is 12.1 Å². The number of fused-ring (bicyclic) bond motifs is 5. The number of benzene rings is 2. The quantitative estimate of drug-likeness (QED) is 0.327. The van der Waals surface area contributed by atoms with Crippen LogP contribution in [0, 0.1) is 11.8 Å². The van der Waals surface area contributed by atoms with Gasteiger partial charge in [0.25, 0.3) is 0 Å². The lowest BCUT2D eigenvalue weighted by atomic mass is 9.99. The van der Waals surface area contributed by atoms with E-state index in [0.29, 0.717) is 44.3 Å². The van der Waals surface area contributed by atoms with Gasteiger partial charge in [0.05, 0.1) is 16.5 Å². The number of halogens is 2. The van der Waals surface area contributed by atoms with E-state index in [4.69, 9.17) is 4.42 Å². The molecule has 5 heteroatoms. The van der Waals surface area contributed by atoms with Crippen LogP contribution in [-0.4, -0.2) is 9.97 Å². The summed E-state index contributed by atoms with van der Waals surface area (Å²) in [5.74, 6) is -0.742. The van der Waals surface area contributed by atoms with Crippen molar-refractivity contribution < 1.29 is 13.2 Å². The first-order chi connectivity index (χ1) is 13.5. The summed E-state index contributed by atoms with van der Waals surface area (Å²) < 4.78 is 35.2. The van der Waals surface area contributed by atoms with E-state index in [1.165, 1.54) is 6.07 Å². The van der Waals surface area contributed by atoms with Gasteiger partial charge in [0.15, 0.2) is 0 Å². The van der Waals surface area contributed by atoms with Crippen LogP contribution >= 0.6 is 0 Å². The molecule has 0 unspecified atom stereocenters. The predicted molar refractivity (Wildman–Crippen MR) is 106 cm³/mol. The number of nitrogens with zero attached hydrogens (tertiary/aromatic N) is 2. The van der Waals surface area contributed by atoms with Gasteiger partial charge in [0.2, 0.25) is 11.7 Å². The molecule has 0 saturated heterocycles. The first kappa shape index (κ1) is 16.8. The summed E-state index contributed by atoms with van der Waals surface area (Å²) in [6.45, 7) is 4.19. The highest BCUT2D eigenvalue weighted by Crippen LogP contribution is 2.40. The topological polar surface area (TPSA) is 38.9 Å². The average molecular weight is 374 g/mol. The van der Waals surface area contributed by atoms with Gasteiger partial charge in [-0.2, -0.15) is 9.37 Å². The average Bonchev–Trinajstić information content (AvgIpc) is 3.08. The Bertz CT molecular complexity index is 1370. The monoisotopic (exact) mass is 374 g/mol. The fourth-order valence-corrected chi connectivity index (χ4v) is 3.67. The zero-order valence-corrected chi connectivity index (χ0v) is 15.3. The molecule has 0 spiro atoms. The van der Waals surface area contributed by atoms with Gasteiger partial charge in [0.1, 0.15) is 11.4 Å². The fourth-order valence-electron chi connectivity index (χ4n) is 3.67. The fraction of sp³-hybridized carbons (Fsp3) is 0.130. The Morgan fingerprint density at radius 3 is 2.50 bits per heavy atom. The van der Waals surface area contributed by atoms with Crippen LogP contribution in [0.3, 0.4) is 0 Å². The Morgan fingerprint density at radius 1 is 0.929 bits per heavy atom. The van der Waals surface area contributed by atoms with Crippen LogP contribution in [0.5, 0.6) is 0 Å². The minimum Gasteiger partial charge on any atom is -0.437 e. The number of aromatic nitrogens is 2. The van der Waals surface area contributed by atoms with Crippen molar-refractivity contribution >= 4 is 32.8 Å². The summed E-state index contributed by atoms with van der Waals surface area (Å²) in [4.78, 5) is 8.39. The minimum atomic E-state index is -0.635. The van der Waals surface area contributed by atoms with Gasteiger partial charge in [-0.05, 0) is 47.2 Å². The van der Waals surface area contributed by atoms with Crippen molar-refractivity contribution in [3.05, 3.63) is 72.1 Å². The number of furan rings is 1. The molecule has 0 atom stereocenters. The third-order valence-electron chi connectivity index (χ3n) is 5.11. The third-order valence-corrected chi connectivity index (χ3v) is 5.11. The molecule has 138 valence electrons. The standard InChI is InChI=1S/C23H16F2N2O/c1-12(2)13-9-10-26-18(11-13)16-7-8-17(24)20-19-14-5-3-4-6-15(14)22(25)27-23(19)28-21(16)20/h3-12H,1-2H3. The first-order valence-electron chi connectivity index (χ1n) is 9.10. The zero-order chi connectivity index (χ0) is 19.4. The van der Waals surface area contributed by atoms with Crippen molar-refractivity contribution in [2.24, 2.45) is 0 Å². The highest BCUT2D eigenvalue weighted by Gasteiger charge is 2.21. The molecule has 0 amide bonds. The smallest absolute Gasteiger partial charge is 0.230 e. The molecule has 0 bridgehead atoms. The molecule has 3 aromatic heterocycles. The van der Waals surface area contributed by atoms with Crippen LogP contribution in [0.4, 0.5) is 8.78 Å². The Balaban J connectivity index is 1.92. The summed E-state index contributed by atoms with van der Waals surface area (Å²) in [6, 6.07) is 13.9. The molecule has 0 radical (unpaired) electrons. The van der Waals surface area contributed by atoms with Gasteiger partial charge in [-0.25, -0.2) is 4.39 Å². The second-order valence-corrected chi connectivity index (χ2v) is 7.16. The zero-order valence-electron chi connectivity index (χ0n) is 15.3. The van der Waals surface area contributed by atoms with E-state index in [0.717, 1.165) is 5.56 Å². The van der Waals surface area contributed by atoms with Gasteiger partial charge < -0.3 is 4.42 Å². The van der Waals surface area contributed by atoms with Gasteiger partial charge in [-0.15, -0.1) is 0 Å². The number of hydrogen-bond acceptors (Lipinski definition) is 3. The normalized spacial score (nSPS) is 11.9. The molecule has 0 aliphatic rings. The predicted octanol–water partition coefficient (Wildman–Crippen LogP) is 6.60. The summed E-state index contributed by atoms with van der Waals surface area (Å²) in [6.07, 6.45) is 1.73. The van der Waals surface area contributed by atoms with Gasteiger partial charge in [-0.1, -0.05) is 32.0 Å². The maximum absolute atomic E-state index is 14.9. The Labute approximate surface area is 159 Å². The van der Waals surface area contributed by atoms with Gasteiger partial charge >= 0.3 is 0 Å². The minimum absolute atomic E-state index is 0.0811. The van der Waals surface area contributed by atoms with Crippen molar-refractivity contribution in [1.82, 2.24) is 9.97 Å². The van der Waals surface area contributed by atoms with Crippen molar-refractivity contribution in [2.75, 3.05) is 0 Å². The van der Waals surface area contributed by atoms with Crippen molar-refractivity contribution in [3.63, 3.8) is 0 Å². The maximum atomic E-state index is 14.9. The maximum Gasteiger partial charge on any atom is 0.230 e. The first-order valence-corrected chi connectivity index (χ1v) is 9.10. The number of hydrogen-bond donors (Lipinski definition) is 0. The summed E-state index contributed by atoms with van der Waals surface area (Å²) in [5.41, 5.74) is 2.86. The molecule has 5 rings (SSSR count). The third kappa shape index (κ3) is 2.39. The lowest BCUT2D eigenvalue weighted by Gasteiger charge is -2.08. The van der Waals surface area contributed by atoms with Crippen molar-refractivity contribution in [3.8, 4) is 11.3 Å². The summed E-state index contributed by atoms with van der Waals surface area (Å²) in [7, 11) is 0. The highest BCUT2D eigenvalue weighted by molar-refractivity contribution is 6.19. The molecule has 0 N–H and O–H groups in total. The molecule has 0 aliphatic heterocycles. The molecule has 0 aliphatic carbocycles. The van der Waals surface area contributed by atoms with Crippen LogP contribution in [-0.2, 0) is 0 Å². The molecule has 0 fully saturated rings. The van der Waals surface area contributed by atoms with E-state index in [1.54, 1.807) is 36.5 Å². The van der Waals surface area contributed by atoms with Crippen molar-refractivity contribution in [2.45, 2.75) is 19.8 Å². The Kier molecular flexibility index (Phi) is 3.66. The lowest BCUT2D eigenvalue weighted by molar-refractivity contribution is 0.579. The van der Waals surface area contributed by atoms with E-state index in [9.17, 15) is 8.78 Å². The Hall–Kier alpha value is -3.34. The van der Waals surface area contributed by atoms with E-state index < -0.39 is 11.8 Å². The van der Waals surface area contributed by atoms with Crippen LogP contribution < -0.4 is 0 Å². The summed E-state index contributed by atoms with van der Waals surface area (Å²) in [5, 5.41) is 1.69. The van der Waals surface area contributed by atoms with E-state index in [-0.39, 0.29) is 5.71 Å². The second kappa shape index (κ2) is 6.09. The van der Waals surface area contributed by atoms with Crippen molar-refractivity contribution in [1.29, 1.82) is 0 Å². The molecule has 5 aromatic rings. The molecule has 3 heterocycles.